The quantitative estimate of drug-likeness (QED) is 0.529. The molecule has 0 aliphatic rings. The molecular weight excluding hydrogens is 352 g/mol. The Morgan fingerprint density at radius 2 is 1.96 bits per heavy atom. The highest BCUT2D eigenvalue weighted by Gasteiger charge is 2.14. The predicted octanol–water partition coefficient (Wildman–Crippen LogP) is 4.24. The van der Waals surface area contributed by atoms with Crippen LogP contribution in [0.5, 0.6) is 0 Å². The Balaban J connectivity index is 1.72. The van der Waals surface area contributed by atoms with Crippen LogP contribution in [0.15, 0.2) is 23.4 Å². The molecule has 0 saturated carbocycles. The Kier molecular flexibility index (Phi) is 4.96. The van der Waals surface area contributed by atoms with E-state index in [0.717, 1.165) is 32.6 Å². The molecule has 1 aromatic carbocycles. The lowest BCUT2D eigenvalue weighted by molar-refractivity contribution is -0.113. The molecule has 25 heavy (non-hydrogen) atoms. The Bertz CT molecular complexity index is 965. The maximum atomic E-state index is 12.2. The fourth-order valence-corrected chi connectivity index (χ4v) is 4.27. The summed E-state index contributed by atoms with van der Waals surface area (Å²) in [6.07, 6.45) is 0. The van der Waals surface area contributed by atoms with Crippen LogP contribution in [0.2, 0.25) is 0 Å². The van der Waals surface area contributed by atoms with Crippen molar-refractivity contribution in [3.63, 3.8) is 0 Å². The number of nitrogens with one attached hydrogen (secondary N) is 1. The molecule has 0 radical (unpaired) electrons. The number of nitrogens with zero attached hydrogens (tertiary/aromatic N) is 2. The average molecular weight is 373 g/mol. The first kappa shape index (κ1) is 17.7. The van der Waals surface area contributed by atoms with Crippen LogP contribution in [-0.4, -0.2) is 21.6 Å². The molecule has 7 heteroatoms. The number of thioether (sulfide) groups is 1. The smallest absolute Gasteiger partial charge is 0.234 e. The zero-order valence-electron chi connectivity index (χ0n) is 14.6. The Morgan fingerprint density at radius 3 is 2.72 bits per heavy atom. The minimum Gasteiger partial charge on any atom is -0.383 e. The maximum absolute atomic E-state index is 12.2. The monoisotopic (exact) mass is 372 g/mol. The molecule has 2 heterocycles. The highest BCUT2D eigenvalue weighted by Crippen LogP contribution is 2.33. The average Bonchev–Trinajstić information content (AvgIpc) is 2.85. The van der Waals surface area contributed by atoms with E-state index in [2.05, 4.69) is 15.3 Å². The third kappa shape index (κ3) is 3.62. The van der Waals surface area contributed by atoms with E-state index in [1.807, 2.05) is 45.9 Å². The van der Waals surface area contributed by atoms with Crippen molar-refractivity contribution in [3.8, 4) is 0 Å². The van der Waals surface area contributed by atoms with Gasteiger partial charge in [0.25, 0.3) is 0 Å². The van der Waals surface area contributed by atoms with Crippen molar-refractivity contribution in [2.24, 2.45) is 0 Å². The summed E-state index contributed by atoms with van der Waals surface area (Å²) in [5.74, 6) is 0.630. The van der Waals surface area contributed by atoms with E-state index in [-0.39, 0.29) is 11.7 Å². The van der Waals surface area contributed by atoms with Crippen molar-refractivity contribution < 1.29 is 4.79 Å². The molecule has 5 nitrogen and oxygen atoms in total. The van der Waals surface area contributed by atoms with Gasteiger partial charge in [0, 0.05) is 10.6 Å². The number of benzene rings is 1. The number of hydrogen-bond acceptors (Lipinski definition) is 6. The molecule has 0 saturated heterocycles. The van der Waals surface area contributed by atoms with E-state index in [4.69, 9.17) is 5.73 Å². The highest BCUT2D eigenvalue weighted by atomic mass is 32.2. The minimum absolute atomic E-state index is 0.0838. The topological polar surface area (TPSA) is 80.9 Å². The number of aryl methyl sites for hydroxylation is 3. The second-order valence-corrected chi connectivity index (χ2v) is 8.08. The van der Waals surface area contributed by atoms with Crippen LogP contribution in [0, 0.1) is 27.7 Å². The molecule has 0 atom stereocenters. The van der Waals surface area contributed by atoms with Crippen LogP contribution < -0.4 is 11.1 Å². The second-order valence-electron chi connectivity index (χ2n) is 5.94. The number of hydrogen-bond donors (Lipinski definition) is 2. The molecule has 3 N–H and O–H groups in total. The molecule has 130 valence electrons. The number of carbonyl (C=O) groups is 1. The van der Waals surface area contributed by atoms with Crippen molar-refractivity contribution in [1.82, 2.24) is 9.97 Å². The standard InChI is InChI=1S/C18H20N4OS2/c1-9-6-5-7-13(10(9)2)20-14(23)8-24-18-21-16(19)15-11(3)12(4)25-17(15)22-18/h5-7H,8H2,1-4H3,(H,20,23)(H2,19,21,22). The van der Waals surface area contributed by atoms with Gasteiger partial charge in [0.15, 0.2) is 5.16 Å². The number of thiophene rings is 1. The lowest BCUT2D eigenvalue weighted by Gasteiger charge is -2.10. The van der Waals surface area contributed by atoms with Gasteiger partial charge in [0.1, 0.15) is 10.6 Å². The van der Waals surface area contributed by atoms with Gasteiger partial charge in [-0.05, 0) is 50.5 Å². The van der Waals surface area contributed by atoms with Crippen LogP contribution in [0.4, 0.5) is 11.5 Å². The molecule has 0 aliphatic heterocycles. The van der Waals surface area contributed by atoms with Gasteiger partial charge >= 0.3 is 0 Å². The zero-order valence-corrected chi connectivity index (χ0v) is 16.3. The van der Waals surface area contributed by atoms with Gasteiger partial charge in [-0.15, -0.1) is 11.3 Å². The molecule has 0 aliphatic carbocycles. The normalized spacial score (nSPS) is 11.0. The number of carbonyl (C=O) groups excluding carboxylic acids is 1. The van der Waals surface area contributed by atoms with Gasteiger partial charge in [0.05, 0.1) is 11.1 Å². The van der Waals surface area contributed by atoms with Crippen molar-refractivity contribution in [2.75, 3.05) is 16.8 Å². The van der Waals surface area contributed by atoms with Crippen molar-refractivity contribution in [2.45, 2.75) is 32.9 Å². The van der Waals surface area contributed by atoms with Crippen LogP contribution in [0.1, 0.15) is 21.6 Å². The van der Waals surface area contributed by atoms with E-state index < -0.39 is 0 Å². The highest BCUT2D eigenvalue weighted by molar-refractivity contribution is 7.99. The first-order valence-electron chi connectivity index (χ1n) is 7.89. The van der Waals surface area contributed by atoms with Crippen molar-refractivity contribution >= 4 is 50.7 Å². The molecule has 0 fully saturated rings. The van der Waals surface area contributed by atoms with Gasteiger partial charge in [0.2, 0.25) is 5.91 Å². The summed E-state index contributed by atoms with van der Waals surface area (Å²) < 4.78 is 0. The molecule has 2 aromatic heterocycles. The number of aromatic nitrogens is 2. The Hall–Kier alpha value is -2.12. The number of nitrogens with two attached hydrogens (primary N) is 1. The van der Waals surface area contributed by atoms with Crippen LogP contribution in [0.3, 0.4) is 0 Å². The molecule has 0 spiro atoms. The first-order valence-corrected chi connectivity index (χ1v) is 9.69. The summed E-state index contributed by atoms with van der Waals surface area (Å²) in [7, 11) is 0. The third-order valence-corrected chi connectivity index (χ3v) is 6.20. The van der Waals surface area contributed by atoms with E-state index >= 15 is 0 Å². The van der Waals surface area contributed by atoms with Gasteiger partial charge in [-0.25, -0.2) is 9.97 Å². The van der Waals surface area contributed by atoms with E-state index in [0.29, 0.717) is 11.0 Å². The fraction of sp³-hybridized carbons (Fsp3) is 0.278. The predicted molar refractivity (Wildman–Crippen MR) is 107 cm³/mol. The van der Waals surface area contributed by atoms with Crippen molar-refractivity contribution in [1.29, 1.82) is 0 Å². The number of anilines is 2. The summed E-state index contributed by atoms with van der Waals surface area (Å²) in [6, 6.07) is 5.86. The lowest BCUT2D eigenvalue weighted by atomic mass is 10.1. The largest absolute Gasteiger partial charge is 0.383 e. The first-order chi connectivity index (χ1) is 11.9. The van der Waals surface area contributed by atoms with Crippen LogP contribution in [-0.2, 0) is 4.79 Å². The molecule has 0 bridgehead atoms. The van der Waals surface area contributed by atoms with Crippen molar-refractivity contribution in [3.05, 3.63) is 39.8 Å². The maximum Gasteiger partial charge on any atom is 0.234 e. The SMILES string of the molecule is Cc1cccc(NC(=O)CSc2nc(N)c3c(C)c(C)sc3n2)c1C. The summed E-state index contributed by atoms with van der Waals surface area (Å²) in [4.78, 5) is 23.2. The summed E-state index contributed by atoms with van der Waals surface area (Å²) in [5, 5.41) is 4.40. The molecule has 1 amide bonds. The lowest BCUT2D eigenvalue weighted by Crippen LogP contribution is -2.15. The third-order valence-electron chi connectivity index (χ3n) is 4.25. The fourth-order valence-electron chi connectivity index (χ4n) is 2.53. The van der Waals surface area contributed by atoms with Gasteiger partial charge in [-0.3, -0.25) is 4.79 Å². The second kappa shape index (κ2) is 7.01. The Labute approximate surface area is 155 Å². The van der Waals surface area contributed by atoms with Crippen LogP contribution >= 0.6 is 23.1 Å². The number of amides is 1. The zero-order chi connectivity index (χ0) is 18.1. The van der Waals surface area contributed by atoms with E-state index in [1.165, 1.54) is 16.6 Å². The Morgan fingerprint density at radius 1 is 1.20 bits per heavy atom. The van der Waals surface area contributed by atoms with Gasteiger partial charge in [-0.1, -0.05) is 23.9 Å². The molecule has 0 unspecified atom stereocenters. The van der Waals surface area contributed by atoms with Gasteiger partial charge in [-0.2, -0.15) is 0 Å². The minimum atomic E-state index is -0.0838. The number of rotatable bonds is 4. The molecule has 3 rings (SSSR count). The van der Waals surface area contributed by atoms with E-state index in [1.54, 1.807) is 11.3 Å². The molecular formula is C18H20N4OS2. The van der Waals surface area contributed by atoms with Crippen LogP contribution in [0.25, 0.3) is 10.2 Å². The summed E-state index contributed by atoms with van der Waals surface area (Å²) in [6.45, 7) is 8.09. The molecule has 3 aromatic rings. The number of fused-ring (bicyclic) bond motifs is 1. The summed E-state index contributed by atoms with van der Waals surface area (Å²) in [5.41, 5.74) is 10.3. The van der Waals surface area contributed by atoms with E-state index in [9.17, 15) is 4.79 Å². The van der Waals surface area contributed by atoms with Gasteiger partial charge < -0.3 is 11.1 Å². The summed E-state index contributed by atoms with van der Waals surface area (Å²) >= 11 is 2.90. The number of nitrogen functional groups attached to an aromatic ring is 1.